The monoisotopic (exact) mass is 517 g/mol. The van der Waals surface area contributed by atoms with Gasteiger partial charge < -0.3 is 24.4 Å². The zero-order valence-corrected chi connectivity index (χ0v) is 22.8. The molecule has 0 spiro atoms. The second-order valence-electron chi connectivity index (χ2n) is 10.9. The number of nitrogens with two attached hydrogens (primary N) is 1. The zero-order chi connectivity index (χ0) is 26.2. The second-order valence-corrected chi connectivity index (χ2v) is 15.2. The quantitative estimate of drug-likeness (QED) is 0.302. The van der Waals surface area contributed by atoms with Crippen molar-refractivity contribution in [1.82, 2.24) is 0 Å². The molecule has 7 heteroatoms. The fraction of sp³-hybridized carbons (Fsp3) is 0.367. The normalized spacial score (nSPS) is 23.0. The number of fused-ring (bicyclic) bond motifs is 3. The van der Waals surface area contributed by atoms with E-state index in [1.807, 2.05) is 30.3 Å². The van der Waals surface area contributed by atoms with E-state index >= 15 is 0 Å². The molecule has 0 saturated carbocycles. The van der Waals surface area contributed by atoms with E-state index < -0.39 is 20.5 Å². The SMILES string of the molecule is COC(=O)[C@H]1C[C@@H]2c3cc(N)ccc3O[C@@H]2[C@@H](CO[Si](c2ccccc2)(c2ccccc2)C(C)(C)C)O1. The van der Waals surface area contributed by atoms with Gasteiger partial charge in [0.1, 0.15) is 18.0 Å². The van der Waals surface area contributed by atoms with Gasteiger partial charge in [-0.1, -0.05) is 81.4 Å². The maximum absolute atomic E-state index is 12.6. The number of hydrogen-bond donors (Lipinski definition) is 1. The van der Waals surface area contributed by atoms with Crippen LogP contribution in [0.2, 0.25) is 5.04 Å². The van der Waals surface area contributed by atoms with Gasteiger partial charge in [-0.3, -0.25) is 0 Å². The minimum Gasteiger partial charge on any atom is -0.487 e. The van der Waals surface area contributed by atoms with Crippen molar-refractivity contribution in [3.63, 3.8) is 0 Å². The molecule has 2 aliphatic heterocycles. The molecule has 0 unspecified atom stereocenters. The summed E-state index contributed by atoms with van der Waals surface area (Å²) in [6.45, 7) is 7.01. The smallest absolute Gasteiger partial charge is 0.335 e. The Hall–Kier alpha value is -3.13. The molecule has 0 aliphatic carbocycles. The number of methoxy groups -OCH3 is 1. The third-order valence-corrected chi connectivity index (χ3v) is 12.6. The average Bonchev–Trinajstić information content (AvgIpc) is 3.27. The second kappa shape index (κ2) is 9.97. The first-order valence-corrected chi connectivity index (χ1v) is 14.7. The first kappa shape index (κ1) is 25.5. The number of carbonyl (C=O) groups excluding carboxylic acids is 1. The van der Waals surface area contributed by atoms with Crippen LogP contribution in [0.25, 0.3) is 0 Å². The van der Waals surface area contributed by atoms with E-state index in [1.165, 1.54) is 17.5 Å². The summed E-state index contributed by atoms with van der Waals surface area (Å²) in [5.41, 5.74) is 7.79. The van der Waals surface area contributed by atoms with Gasteiger partial charge in [-0.2, -0.15) is 0 Å². The predicted octanol–water partition coefficient (Wildman–Crippen LogP) is 4.02. The molecular formula is C30H35NO5Si. The molecule has 6 nitrogen and oxygen atoms in total. The van der Waals surface area contributed by atoms with E-state index in [0.29, 0.717) is 12.1 Å². The molecule has 0 radical (unpaired) electrons. The van der Waals surface area contributed by atoms with Crippen molar-refractivity contribution in [2.24, 2.45) is 0 Å². The van der Waals surface area contributed by atoms with Crippen LogP contribution in [0.3, 0.4) is 0 Å². The van der Waals surface area contributed by atoms with Crippen LogP contribution in [0.1, 0.15) is 38.7 Å². The lowest BCUT2D eigenvalue weighted by Gasteiger charge is -2.45. The van der Waals surface area contributed by atoms with Gasteiger partial charge in [0, 0.05) is 17.2 Å². The summed E-state index contributed by atoms with van der Waals surface area (Å²) >= 11 is 0. The standard InChI is InChI=1S/C30H35NO5Si/c1-30(2,3)37(21-11-7-5-8-12-21,22-13-9-6-10-14-22)34-19-27-28-24(18-26(35-27)29(32)33-4)23-17-20(31)15-16-25(23)36-28/h5-17,24,26-28H,18-19,31H2,1-4H3/t24-,26-,27-,28+/m1/s1. The van der Waals surface area contributed by atoms with Crippen molar-refractivity contribution in [3.8, 4) is 5.75 Å². The van der Waals surface area contributed by atoms with Gasteiger partial charge in [-0.15, -0.1) is 0 Å². The molecule has 37 heavy (non-hydrogen) atoms. The van der Waals surface area contributed by atoms with E-state index in [1.54, 1.807) is 0 Å². The molecule has 2 aliphatic rings. The highest BCUT2D eigenvalue weighted by atomic mass is 28.4. The Labute approximate surface area is 219 Å². The molecule has 2 N–H and O–H groups in total. The number of anilines is 1. The van der Waals surface area contributed by atoms with Crippen LogP contribution in [0.4, 0.5) is 5.69 Å². The van der Waals surface area contributed by atoms with E-state index in [-0.39, 0.29) is 29.6 Å². The molecule has 4 atom stereocenters. The average molecular weight is 518 g/mol. The summed E-state index contributed by atoms with van der Waals surface area (Å²) in [5, 5.41) is 2.20. The van der Waals surface area contributed by atoms with Crippen molar-refractivity contribution < 1.29 is 23.4 Å². The van der Waals surface area contributed by atoms with Crippen molar-refractivity contribution in [3.05, 3.63) is 84.4 Å². The third-order valence-electron chi connectivity index (χ3n) is 7.61. The van der Waals surface area contributed by atoms with Crippen LogP contribution in [0.15, 0.2) is 78.9 Å². The number of benzene rings is 3. The highest BCUT2D eigenvalue weighted by Crippen LogP contribution is 2.47. The van der Waals surface area contributed by atoms with Crippen LogP contribution >= 0.6 is 0 Å². The van der Waals surface area contributed by atoms with Crippen molar-refractivity contribution >= 4 is 30.3 Å². The van der Waals surface area contributed by atoms with Crippen LogP contribution < -0.4 is 20.8 Å². The molecule has 1 saturated heterocycles. The molecule has 5 rings (SSSR count). The Balaban J connectivity index is 1.53. The fourth-order valence-electron chi connectivity index (χ4n) is 5.93. The molecule has 1 fully saturated rings. The maximum Gasteiger partial charge on any atom is 0.335 e. The molecule has 3 aromatic rings. The molecule has 0 bridgehead atoms. The fourth-order valence-corrected chi connectivity index (χ4v) is 10.5. The van der Waals surface area contributed by atoms with Gasteiger partial charge in [0.2, 0.25) is 0 Å². The predicted molar refractivity (Wildman–Crippen MR) is 147 cm³/mol. The minimum atomic E-state index is -2.80. The van der Waals surface area contributed by atoms with Crippen molar-refractivity contribution in [1.29, 1.82) is 0 Å². The van der Waals surface area contributed by atoms with E-state index in [0.717, 1.165) is 11.3 Å². The summed E-state index contributed by atoms with van der Waals surface area (Å²) < 4.78 is 25.0. The van der Waals surface area contributed by atoms with Gasteiger partial charge in [-0.05, 0) is 40.0 Å². The van der Waals surface area contributed by atoms with Crippen LogP contribution in [-0.2, 0) is 18.7 Å². The molecule has 194 valence electrons. The summed E-state index contributed by atoms with van der Waals surface area (Å²) in [6, 6.07) is 26.7. The Bertz CT molecular complexity index is 1200. The van der Waals surface area contributed by atoms with Crippen molar-refractivity contribution in [2.45, 2.75) is 56.5 Å². The Morgan fingerprint density at radius 2 is 1.62 bits per heavy atom. The van der Waals surface area contributed by atoms with Gasteiger partial charge >= 0.3 is 5.97 Å². The molecule has 3 aromatic carbocycles. The highest BCUT2D eigenvalue weighted by Gasteiger charge is 2.53. The number of esters is 1. The topological polar surface area (TPSA) is 80.0 Å². The first-order valence-electron chi connectivity index (χ1n) is 12.8. The number of carbonyl (C=O) groups is 1. The molecule has 0 aromatic heterocycles. The molecular weight excluding hydrogens is 482 g/mol. The number of rotatable bonds is 6. The van der Waals surface area contributed by atoms with Crippen LogP contribution in [0.5, 0.6) is 5.75 Å². The lowest BCUT2D eigenvalue weighted by molar-refractivity contribution is -0.174. The summed E-state index contributed by atoms with van der Waals surface area (Å²) in [7, 11) is -1.40. The Morgan fingerprint density at radius 3 is 2.19 bits per heavy atom. The number of hydrogen-bond acceptors (Lipinski definition) is 6. The number of ether oxygens (including phenoxy) is 3. The van der Waals surface area contributed by atoms with E-state index in [9.17, 15) is 4.79 Å². The molecule has 0 amide bonds. The minimum absolute atomic E-state index is 0.0379. The summed E-state index contributed by atoms with van der Waals surface area (Å²) in [4.78, 5) is 12.6. The van der Waals surface area contributed by atoms with Gasteiger partial charge in [0.15, 0.2) is 6.10 Å². The lowest BCUT2D eigenvalue weighted by Crippen LogP contribution is -2.67. The Kier molecular flexibility index (Phi) is 6.87. The molecule has 2 heterocycles. The summed E-state index contributed by atoms with van der Waals surface area (Å²) in [6.07, 6.45) is -0.965. The van der Waals surface area contributed by atoms with Crippen LogP contribution in [0, 0.1) is 0 Å². The van der Waals surface area contributed by atoms with Crippen LogP contribution in [-0.4, -0.2) is 46.3 Å². The first-order chi connectivity index (χ1) is 17.7. The van der Waals surface area contributed by atoms with E-state index in [2.05, 4.69) is 69.3 Å². The summed E-state index contributed by atoms with van der Waals surface area (Å²) in [5.74, 6) is 0.365. The lowest BCUT2D eigenvalue weighted by atomic mass is 9.85. The van der Waals surface area contributed by atoms with Crippen molar-refractivity contribution in [2.75, 3.05) is 19.5 Å². The largest absolute Gasteiger partial charge is 0.487 e. The Morgan fingerprint density at radius 1 is 1.00 bits per heavy atom. The van der Waals surface area contributed by atoms with Gasteiger partial charge in [0.25, 0.3) is 8.32 Å². The number of nitrogen functional groups attached to an aromatic ring is 1. The highest BCUT2D eigenvalue weighted by molar-refractivity contribution is 6.99. The zero-order valence-electron chi connectivity index (χ0n) is 21.8. The maximum atomic E-state index is 12.6. The van der Waals surface area contributed by atoms with Gasteiger partial charge in [0.05, 0.1) is 13.7 Å². The third kappa shape index (κ3) is 4.56. The van der Waals surface area contributed by atoms with Gasteiger partial charge in [-0.25, -0.2) is 4.79 Å². The van der Waals surface area contributed by atoms with E-state index in [4.69, 9.17) is 24.4 Å².